The third kappa shape index (κ3) is 7.54. The van der Waals surface area contributed by atoms with Gasteiger partial charge in [0.25, 0.3) is 0 Å². The molecule has 0 aliphatic rings. The van der Waals surface area contributed by atoms with E-state index in [9.17, 15) is 9.59 Å². The topological polar surface area (TPSA) is 63.6 Å². The van der Waals surface area contributed by atoms with Crippen LogP contribution in [0.1, 0.15) is 13.3 Å². The molecule has 5 heteroatoms. The Morgan fingerprint density at radius 3 is 2.14 bits per heavy atom. The fourth-order valence-electron chi connectivity index (χ4n) is 1.18. The Morgan fingerprint density at radius 2 is 1.86 bits per heavy atom. The second-order valence-corrected chi connectivity index (χ2v) is 4.30. The number of hydrogen-bond acceptors (Lipinski definition) is 3. The van der Waals surface area contributed by atoms with Crippen LogP contribution in [0.2, 0.25) is 0 Å². The molecule has 0 saturated heterocycles. The van der Waals surface area contributed by atoms with Crippen LogP contribution in [0.4, 0.5) is 0 Å². The first-order chi connectivity index (χ1) is 6.20. The minimum Gasteiger partial charge on any atom is -0.481 e. The standard InChI is InChI=1S/C9H17NO4/c1-7(11)14-8(5-9(12)13)6-10(2,3)4/h8H,5-6H2,1-4H3/p+1/t8-/m1/s1/i7+1. The normalized spacial score (nSPS) is 13.4. The molecule has 82 valence electrons. The number of carboxylic acids is 1. The average molecular weight is 205 g/mol. The molecule has 0 aromatic heterocycles. The fourth-order valence-corrected chi connectivity index (χ4v) is 1.18. The highest BCUT2D eigenvalue weighted by molar-refractivity contribution is 5.69. The van der Waals surface area contributed by atoms with Crippen molar-refractivity contribution < 1.29 is 23.9 Å². The number of quaternary nitrogens is 1. The van der Waals surface area contributed by atoms with Crippen molar-refractivity contribution >= 4 is 11.9 Å². The predicted molar refractivity (Wildman–Crippen MR) is 50.7 cm³/mol. The molecule has 0 aliphatic heterocycles. The summed E-state index contributed by atoms with van der Waals surface area (Å²) >= 11 is 0. The third-order valence-corrected chi connectivity index (χ3v) is 1.49. The molecule has 0 amide bonds. The number of carboxylic acid groups (broad SMARTS) is 1. The molecule has 0 fully saturated rings. The van der Waals surface area contributed by atoms with Gasteiger partial charge in [-0.2, -0.15) is 0 Å². The number of rotatable bonds is 5. The van der Waals surface area contributed by atoms with Crippen molar-refractivity contribution in [3.05, 3.63) is 0 Å². The highest BCUT2D eigenvalue weighted by Crippen LogP contribution is 2.04. The van der Waals surface area contributed by atoms with E-state index < -0.39 is 18.0 Å². The molecule has 1 N–H and O–H groups in total. The molecule has 0 rings (SSSR count). The number of ether oxygens (including phenoxy) is 1. The molecule has 0 spiro atoms. The second kappa shape index (κ2) is 4.95. The lowest BCUT2D eigenvalue weighted by Gasteiger charge is -2.28. The minimum absolute atomic E-state index is 0.144. The van der Waals surface area contributed by atoms with Crippen molar-refractivity contribution in [3.63, 3.8) is 0 Å². The Labute approximate surface area is 83.9 Å². The van der Waals surface area contributed by atoms with Gasteiger partial charge in [0, 0.05) is 6.92 Å². The van der Waals surface area contributed by atoms with Gasteiger partial charge in [-0.05, 0) is 0 Å². The first-order valence-electron chi connectivity index (χ1n) is 4.40. The van der Waals surface area contributed by atoms with Crippen LogP contribution in [0, 0.1) is 0 Å². The molecule has 0 bridgehead atoms. The van der Waals surface area contributed by atoms with Crippen LogP contribution in [0.5, 0.6) is 0 Å². The number of nitrogens with zero attached hydrogens (tertiary/aromatic N) is 1. The van der Waals surface area contributed by atoms with Gasteiger partial charge in [-0.25, -0.2) is 0 Å². The minimum atomic E-state index is -0.954. The Morgan fingerprint density at radius 1 is 1.36 bits per heavy atom. The zero-order chi connectivity index (χ0) is 11.4. The number of aliphatic carboxylic acids is 1. The molecular formula is C9H18NO4+. The van der Waals surface area contributed by atoms with E-state index in [0.29, 0.717) is 11.0 Å². The summed E-state index contributed by atoms with van der Waals surface area (Å²) in [5.41, 5.74) is 0. The third-order valence-electron chi connectivity index (χ3n) is 1.49. The smallest absolute Gasteiger partial charge is 0.307 e. The monoisotopic (exact) mass is 205 g/mol. The van der Waals surface area contributed by atoms with Gasteiger partial charge in [0.05, 0.1) is 27.6 Å². The van der Waals surface area contributed by atoms with Gasteiger partial charge in [0.15, 0.2) is 6.10 Å². The first-order valence-corrected chi connectivity index (χ1v) is 4.40. The fraction of sp³-hybridized carbons (Fsp3) is 0.778. The van der Waals surface area contributed by atoms with Crippen molar-refractivity contribution in [3.8, 4) is 0 Å². The summed E-state index contributed by atoms with van der Waals surface area (Å²) < 4.78 is 5.46. The van der Waals surface area contributed by atoms with E-state index in [4.69, 9.17) is 9.84 Å². The number of likely N-dealkylation sites (N-methyl/N-ethyl adjacent to an activating group) is 1. The molecule has 0 saturated carbocycles. The van der Waals surface area contributed by atoms with Crippen LogP contribution in [-0.4, -0.2) is 55.3 Å². The lowest BCUT2D eigenvalue weighted by molar-refractivity contribution is -0.873. The van der Waals surface area contributed by atoms with Crippen molar-refractivity contribution in [2.45, 2.75) is 19.4 Å². The van der Waals surface area contributed by atoms with E-state index >= 15 is 0 Å². The molecule has 5 nitrogen and oxygen atoms in total. The number of carbonyl (C=O) groups excluding carboxylic acids is 1. The zero-order valence-electron chi connectivity index (χ0n) is 9.11. The Kier molecular flexibility index (Phi) is 4.56. The van der Waals surface area contributed by atoms with Gasteiger partial charge in [-0.15, -0.1) is 0 Å². The summed E-state index contributed by atoms with van der Waals surface area (Å²) in [4.78, 5) is 21.2. The van der Waals surface area contributed by atoms with Crippen LogP contribution in [0.3, 0.4) is 0 Å². The SMILES string of the molecule is C[13C](=O)O[C@H](CC(=O)O)C[N+](C)(C)C. The lowest BCUT2D eigenvalue weighted by Crippen LogP contribution is -2.43. The van der Waals surface area contributed by atoms with E-state index in [2.05, 4.69) is 0 Å². The van der Waals surface area contributed by atoms with Gasteiger partial charge < -0.3 is 14.3 Å². The van der Waals surface area contributed by atoms with Crippen LogP contribution in [-0.2, 0) is 14.3 Å². The molecule has 1 atom stereocenters. The molecule has 0 aromatic rings. The molecule has 0 aliphatic carbocycles. The Hall–Kier alpha value is -1.10. The Balaban J connectivity index is 4.24. The first kappa shape index (κ1) is 12.9. The van der Waals surface area contributed by atoms with Gasteiger partial charge in [-0.3, -0.25) is 9.59 Å². The highest BCUT2D eigenvalue weighted by atomic mass is 16.6. The maximum atomic E-state index is 10.7. The molecular weight excluding hydrogens is 187 g/mol. The van der Waals surface area contributed by atoms with Crippen molar-refractivity contribution in [1.29, 1.82) is 0 Å². The predicted octanol–water partition coefficient (Wildman–Crippen LogP) is 0.0990. The molecule has 0 radical (unpaired) electrons. The van der Waals surface area contributed by atoms with E-state index in [1.54, 1.807) is 0 Å². The summed E-state index contributed by atoms with van der Waals surface area (Å²) in [5.74, 6) is -1.39. The van der Waals surface area contributed by atoms with E-state index in [1.807, 2.05) is 21.1 Å². The maximum Gasteiger partial charge on any atom is 0.307 e. The number of hydrogen-bond donors (Lipinski definition) is 1. The summed E-state index contributed by atoms with van der Waals surface area (Å²) in [5, 5.41) is 8.60. The lowest BCUT2D eigenvalue weighted by atomic mass is 10.2. The van der Waals surface area contributed by atoms with Gasteiger partial charge >= 0.3 is 11.9 Å². The molecule has 0 unspecified atom stereocenters. The van der Waals surface area contributed by atoms with Gasteiger partial charge in [0.1, 0.15) is 6.54 Å². The van der Waals surface area contributed by atoms with Crippen molar-refractivity contribution in [2.24, 2.45) is 0 Å². The summed E-state index contributed by atoms with van der Waals surface area (Å²) in [6.45, 7) is 1.77. The van der Waals surface area contributed by atoms with E-state index in [1.165, 1.54) is 6.92 Å². The van der Waals surface area contributed by atoms with E-state index in [0.717, 1.165) is 0 Å². The number of esters is 1. The highest BCUT2D eigenvalue weighted by Gasteiger charge is 2.23. The van der Waals surface area contributed by atoms with Crippen LogP contribution in [0.25, 0.3) is 0 Å². The molecule has 0 heterocycles. The quantitative estimate of drug-likeness (QED) is 0.393. The second-order valence-electron chi connectivity index (χ2n) is 4.30. The van der Waals surface area contributed by atoms with Crippen LogP contribution in [0.15, 0.2) is 0 Å². The maximum absolute atomic E-state index is 10.7. The summed E-state index contributed by atoms with van der Waals surface area (Å²) in [6, 6.07) is 0. The zero-order valence-corrected chi connectivity index (χ0v) is 9.11. The Bertz CT molecular complexity index is 203. The van der Waals surface area contributed by atoms with Gasteiger partial charge in [-0.1, -0.05) is 0 Å². The average Bonchev–Trinajstić information content (AvgIpc) is 1.77. The van der Waals surface area contributed by atoms with E-state index in [-0.39, 0.29) is 6.42 Å². The molecule has 0 aromatic carbocycles. The summed E-state index contributed by atoms with van der Waals surface area (Å²) in [7, 11) is 5.75. The van der Waals surface area contributed by atoms with Crippen molar-refractivity contribution in [1.82, 2.24) is 0 Å². The van der Waals surface area contributed by atoms with Crippen LogP contribution >= 0.6 is 0 Å². The number of carbonyl (C=O) groups is 2. The summed E-state index contributed by atoms with van der Waals surface area (Å²) in [6.07, 6.45) is -0.695. The van der Waals surface area contributed by atoms with Gasteiger partial charge in [0.2, 0.25) is 0 Å². The van der Waals surface area contributed by atoms with Crippen LogP contribution < -0.4 is 0 Å². The molecule has 14 heavy (non-hydrogen) atoms. The van der Waals surface area contributed by atoms with Crippen molar-refractivity contribution in [2.75, 3.05) is 27.7 Å². The largest absolute Gasteiger partial charge is 0.481 e.